The highest BCUT2D eigenvalue weighted by molar-refractivity contribution is 9.10. The fourth-order valence-corrected chi connectivity index (χ4v) is 6.25. The van der Waals surface area contributed by atoms with Gasteiger partial charge in [-0.1, -0.05) is 39.0 Å². The van der Waals surface area contributed by atoms with Crippen molar-refractivity contribution in [1.29, 1.82) is 0 Å². The van der Waals surface area contributed by atoms with Crippen molar-refractivity contribution in [2.45, 2.75) is 38.0 Å². The Morgan fingerprint density at radius 3 is 2.42 bits per heavy atom. The first-order chi connectivity index (χ1) is 17.2. The summed E-state index contributed by atoms with van der Waals surface area (Å²) in [5, 5.41) is 0. The third-order valence-electron chi connectivity index (χ3n) is 6.10. The molecule has 2 aromatic carbocycles. The fraction of sp³-hybridized carbons (Fsp3) is 0.385. The van der Waals surface area contributed by atoms with Gasteiger partial charge in [-0.3, -0.25) is 4.79 Å². The first kappa shape index (κ1) is 26.4. The molecule has 8 nitrogen and oxygen atoms in total. The molecule has 1 fully saturated rings. The SMILES string of the molecule is CCCOc1ccc(S(=O)(=O)N2CCN(c3ccccc3)CC2)cc1-c1nc(C(C)C)c(Br)c(=O)[nH]1. The second-order valence-electron chi connectivity index (χ2n) is 9.00. The van der Waals surface area contributed by atoms with Crippen LogP contribution in [-0.2, 0) is 10.0 Å². The van der Waals surface area contributed by atoms with E-state index < -0.39 is 10.0 Å². The van der Waals surface area contributed by atoms with Crippen molar-refractivity contribution in [3.8, 4) is 17.1 Å². The Balaban J connectivity index is 1.68. The summed E-state index contributed by atoms with van der Waals surface area (Å²) in [6, 6.07) is 14.8. The molecule has 0 atom stereocenters. The van der Waals surface area contributed by atoms with Crippen LogP contribution < -0.4 is 15.2 Å². The highest BCUT2D eigenvalue weighted by atomic mass is 79.9. The van der Waals surface area contributed by atoms with Crippen LogP contribution in [0.1, 0.15) is 38.8 Å². The van der Waals surface area contributed by atoms with Crippen LogP contribution in [-0.4, -0.2) is 55.5 Å². The minimum atomic E-state index is -3.76. The molecule has 0 bridgehead atoms. The maximum Gasteiger partial charge on any atom is 0.265 e. The number of rotatable bonds is 8. The van der Waals surface area contributed by atoms with Gasteiger partial charge in [0.05, 0.1) is 22.8 Å². The largest absolute Gasteiger partial charge is 0.493 e. The number of halogens is 1. The molecule has 0 saturated carbocycles. The van der Waals surface area contributed by atoms with E-state index in [0.29, 0.717) is 54.3 Å². The Hall–Kier alpha value is -2.69. The molecule has 1 aromatic heterocycles. The van der Waals surface area contributed by atoms with Crippen LogP contribution in [0.15, 0.2) is 62.7 Å². The van der Waals surface area contributed by atoms with Crippen molar-refractivity contribution in [3.05, 3.63) is 69.1 Å². The molecule has 0 unspecified atom stereocenters. The van der Waals surface area contributed by atoms with E-state index in [2.05, 4.69) is 30.8 Å². The van der Waals surface area contributed by atoms with Crippen LogP contribution in [0.5, 0.6) is 5.75 Å². The van der Waals surface area contributed by atoms with Gasteiger partial charge in [0.15, 0.2) is 0 Å². The number of sulfonamides is 1. The van der Waals surface area contributed by atoms with Crippen molar-refractivity contribution < 1.29 is 13.2 Å². The number of para-hydroxylation sites is 1. The van der Waals surface area contributed by atoms with Crippen LogP contribution in [0.3, 0.4) is 0 Å². The van der Waals surface area contributed by atoms with Gasteiger partial charge in [0.1, 0.15) is 16.0 Å². The number of aromatic amines is 1. The van der Waals surface area contributed by atoms with E-state index in [1.54, 1.807) is 18.2 Å². The van der Waals surface area contributed by atoms with Gasteiger partial charge in [0.25, 0.3) is 5.56 Å². The van der Waals surface area contributed by atoms with E-state index in [9.17, 15) is 13.2 Å². The maximum atomic E-state index is 13.6. The van der Waals surface area contributed by atoms with Gasteiger partial charge in [-0.2, -0.15) is 4.31 Å². The molecule has 0 radical (unpaired) electrons. The van der Waals surface area contributed by atoms with Gasteiger partial charge in [-0.05, 0) is 58.6 Å². The van der Waals surface area contributed by atoms with Crippen molar-refractivity contribution in [3.63, 3.8) is 0 Å². The van der Waals surface area contributed by atoms with Gasteiger partial charge in [0, 0.05) is 31.9 Å². The fourth-order valence-electron chi connectivity index (χ4n) is 4.15. The Bertz CT molecular complexity index is 1370. The summed E-state index contributed by atoms with van der Waals surface area (Å²) in [6.45, 7) is 8.31. The number of aromatic nitrogens is 2. The molecule has 0 spiro atoms. The number of hydrogen-bond donors (Lipinski definition) is 1. The lowest BCUT2D eigenvalue weighted by atomic mass is 10.1. The van der Waals surface area contributed by atoms with Gasteiger partial charge in [-0.25, -0.2) is 13.4 Å². The summed E-state index contributed by atoms with van der Waals surface area (Å²) in [6.07, 6.45) is 0.784. The number of benzene rings is 2. The molecule has 1 aliphatic rings. The van der Waals surface area contributed by atoms with E-state index in [1.165, 1.54) is 4.31 Å². The molecule has 192 valence electrons. The molecule has 2 heterocycles. The van der Waals surface area contributed by atoms with Crippen molar-refractivity contribution in [2.75, 3.05) is 37.7 Å². The second kappa shape index (κ2) is 11.1. The predicted molar refractivity (Wildman–Crippen MR) is 145 cm³/mol. The minimum Gasteiger partial charge on any atom is -0.493 e. The smallest absolute Gasteiger partial charge is 0.265 e. The van der Waals surface area contributed by atoms with E-state index in [1.807, 2.05) is 51.1 Å². The van der Waals surface area contributed by atoms with Crippen molar-refractivity contribution in [1.82, 2.24) is 14.3 Å². The number of anilines is 1. The molecular weight excluding hydrogens is 544 g/mol. The van der Waals surface area contributed by atoms with Gasteiger partial charge in [-0.15, -0.1) is 0 Å². The summed E-state index contributed by atoms with van der Waals surface area (Å²) < 4.78 is 35.0. The quantitative estimate of drug-likeness (QED) is 0.421. The second-order valence-corrected chi connectivity index (χ2v) is 11.7. The Morgan fingerprint density at radius 1 is 1.08 bits per heavy atom. The summed E-state index contributed by atoms with van der Waals surface area (Å²) in [7, 11) is -3.76. The number of hydrogen-bond acceptors (Lipinski definition) is 6. The van der Waals surface area contributed by atoms with Gasteiger partial charge in [0.2, 0.25) is 10.0 Å². The van der Waals surface area contributed by atoms with Crippen LogP contribution >= 0.6 is 15.9 Å². The van der Waals surface area contributed by atoms with Gasteiger partial charge >= 0.3 is 0 Å². The first-order valence-corrected chi connectivity index (χ1v) is 14.3. The van der Waals surface area contributed by atoms with E-state index in [-0.39, 0.29) is 22.2 Å². The highest BCUT2D eigenvalue weighted by Gasteiger charge is 2.30. The summed E-state index contributed by atoms with van der Waals surface area (Å²) >= 11 is 3.32. The van der Waals surface area contributed by atoms with Crippen LogP contribution in [0.25, 0.3) is 11.4 Å². The first-order valence-electron chi connectivity index (χ1n) is 12.1. The molecular formula is C26H31BrN4O4S. The topological polar surface area (TPSA) is 95.6 Å². The number of nitrogens with one attached hydrogen (secondary N) is 1. The van der Waals surface area contributed by atoms with Crippen LogP contribution in [0.2, 0.25) is 0 Å². The Labute approximate surface area is 220 Å². The van der Waals surface area contributed by atoms with E-state index in [0.717, 1.165) is 12.1 Å². The number of ether oxygens (including phenoxy) is 1. The number of H-pyrrole nitrogens is 1. The Morgan fingerprint density at radius 2 is 1.78 bits per heavy atom. The molecule has 1 aliphatic heterocycles. The average molecular weight is 576 g/mol. The summed E-state index contributed by atoms with van der Waals surface area (Å²) in [4.78, 5) is 22.4. The van der Waals surface area contributed by atoms with Crippen LogP contribution in [0.4, 0.5) is 5.69 Å². The number of piperazine rings is 1. The standard InChI is InChI=1S/C26H31BrN4O4S/c1-4-16-35-22-11-10-20(17-21(22)25-28-24(18(2)3)23(27)26(32)29-25)36(33,34)31-14-12-30(13-15-31)19-8-6-5-7-9-19/h5-11,17-18H,4,12-16H2,1-3H3,(H,28,29,32). The molecule has 1 saturated heterocycles. The predicted octanol–water partition coefficient (Wildman–Crippen LogP) is 4.62. The normalized spacial score (nSPS) is 14.9. The van der Waals surface area contributed by atoms with Crippen molar-refractivity contribution in [2.24, 2.45) is 0 Å². The maximum absolute atomic E-state index is 13.6. The van der Waals surface area contributed by atoms with Crippen molar-refractivity contribution >= 4 is 31.6 Å². The third-order valence-corrected chi connectivity index (χ3v) is 8.76. The lowest BCUT2D eigenvalue weighted by Gasteiger charge is -2.35. The minimum absolute atomic E-state index is 0.00624. The highest BCUT2D eigenvalue weighted by Crippen LogP contribution is 2.33. The van der Waals surface area contributed by atoms with Crippen LogP contribution in [0, 0.1) is 0 Å². The monoisotopic (exact) mass is 574 g/mol. The molecule has 4 rings (SSSR count). The van der Waals surface area contributed by atoms with E-state index >= 15 is 0 Å². The average Bonchev–Trinajstić information content (AvgIpc) is 2.89. The zero-order valence-electron chi connectivity index (χ0n) is 20.7. The third kappa shape index (κ3) is 5.50. The van der Waals surface area contributed by atoms with E-state index in [4.69, 9.17) is 4.74 Å². The zero-order chi connectivity index (χ0) is 25.9. The molecule has 36 heavy (non-hydrogen) atoms. The molecule has 3 aromatic rings. The number of nitrogens with zero attached hydrogens (tertiary/aromatic N) is 3. The lowest BCUT2D eigenvalue weighted by molar-refractivity contribution is 0.318. The molecule has 10 heteroatoms. The molecule has 1 N–H and O–H groups in total. The van der Waals surface area contributed by atoms with Gasteiger partial charge < -0.3 is 14.6 Å². The Kier molecular flexibility index (Phi) is 8.17. The summed E-state index contributed by atoms with van der Waals surface area (Å²) in [5.41, 5.74) is 1.80. The summed E-state index contributed by atoms with van der Waals surface area (Å²) in [5.74, 6) is 0.752. The lowest BCUT2D eigenvalue weighted by Crippen LogP contribution is -2.48. The molecule has 0 aliphatic carbocycles. The molecule has 0 amide bonds. The zero-order valence-corrected chi connectivity index (χ0v) is 23.1.